The standard InChI is InChI=1S/C20H27F3O.C19H27F.C13H17F/c1-14-2-4-15(5-3-14)16-6-8-17(9-7-16)18-10-12-19(13-11-18)24-20(21,22)23;1-14-2-4-15(5-3-14)16-6-8-17(9-7-16)18-10-12-19(20)13-11-18;1-10-2-4-11(5-3-10)12-6-8-13(14)9-7-12/h10-17H,2-9H2,1H3;10-17H,2-9H2,1H3;6-11H,2-5H2,1H3. The normalized spacial score (nSPS) is 31.8. The first-order valence-corrected chi connectivity index (χ1v) is 23.2. The summed E-state index contributed by atoms with van der Waals surface area (Å²) in [5.41, 5.74) is 3.82. The van der Waals surface area contributed by atoms with Gasteiger partial charge in [0.1, 0.15) is 17.4 Å². The van der Waals surface area contributed by atoms with Gasteiger partial charge in [0.05, 0.1) is 0 Å². The third-order valence-corrected chi connectivity index (χ3v) is 15.3. The van der Waals surface area contributed by atoms with E-state index in [1.165, 1.54) is 139 Å². The molecule has 320 valence electrons. The quantitative estimate of drug-likeness (QED) is 0.226. The molecule has 0 aliphatic heterocycles. The maximum atomic E-state index is 13.0. The summed E-state index contributed by atoms with van der Waals surface area (Å²) in [6.07, 6.45) is 22.2. The van der Waals surface area contributed by atoms with E-state index in [1.807, 2.05) is 24.3 Å². The summed E-state index contributed by atoms with van der Waals surface area (Å²) < 4.78 is 66.3. The summed E-state index contributed by atoms with van der Waals surface area (Å²) in [7, 11) is 0. The molecule has 0 unspecified atom stereocenters. The fourth-order valence-corrected chi connectivity index (χ4v) is 11.4. The highest BCUT2D eigenvalue weighted by molar-refractivity contribution is 5.30. The molecule has 0 saturated heterocycles. The minimum absolute atomic E-state index is 0.112. The van der Waals surface area contributed by atoms with Gasteiger partial charge in [-0.2, -0.15) is 0 Å². The number of hydrogen-bond donors (Lipinski definition) is 0. The van der Waals surface area contributed by atoms with E-state index in [0.717, 1.165) is 59.8 Å². The smallest absolute Gasteiger partial charge is 0.406 e. The molecule has 5 aliphatic rings. The zero-order chi connectivity index (χ0) is 41.1. The van der Waals surface area contributed by atoms with Gasteiger partial charge in [-0.05, 0) is 202 Å². The van der Waals surface area contributed by atoms with Crippen LogP contribution in [0, 0.1) is 53.1 Å². The molecule has 1 nitrogen and oxygen atoms in total. The maximum absolute atomic E-state index is 13.0. The SMILES string of the molecule is CC1CCC(C2CCC(c3ccc(F)cc3)CC2)CC1.CC1CCC(C2CCC(c3ccc(OC(F)(F)F)cc3)CC2)CC1.CC1CCC(c2ccc(F)cc2)CC1. The van der Waals surface area contributed by atoms with Gasteiger partial charge in [-0.3, -0.25) is 0 Å². The van der Waals surface area contributed by atoms with Crippen LogP contribution in [0.2, 0.25) is 0 Å². The molecule has 5 fully saturated rings. The van der Waals surface area contributed by atoms with Gasteiger partial charge >= 0.3 is 6.36 Å². The van der Waals surface area contributed by atoms with Gasteiger partial charge in [0.15, 0.2) is 0 Å². The first kappa shape index (κ1) is 44.7. The zero-order valence-electron chi connectivity index (χ0n) is 35.6. The molecule has 0 N–H and O–H groups in total. The molecular weight excluding hydrogens is 736 g/mol. The van der Waals surface area contributed by atoms with Gasteiger partial charge in [0.2, 0.25) is 0 Å². The molecule has 0 spiro atoms. The summed E-state index contributed by atoms with van der Waals surface area (Å²) in [4.78, 5) is 0. The fraction of sp³-hybridized carbons (Fsp3) is 0.654. The largest absolute Gasteiger partial charge is 0.573 e. The second-order valence-corrected chi connectivity index (χ2v) is 19.4. The number of halogens is 5. The molecule has 5 aliphatic carbocycles. The molecule has 3 aromatic carbocycles. The lowest BCUT2D eigenvalue weighted by atomic mass is 9.68. The molecule has 0 amide bonds. The van der Waals surface area contributed by atoms with Crippen molar-refractivity contribution in [2.45, 2.75) is 173 Å². The lowest BCUT2D eigenvalue weighted by Gasteiger charge is -2.37. The third kappa shape index (κ3) is 13.8. The van der Waals surface area contributed by atoms with Gasteiger partial charge in [0, 0.05) is 0 Å². The molecule has 3 aromatic rings. The molecule has 0 bridgehead atoms. The number of ether oxygens (including phenoxy) is 1. The predicted molar refractivity (Wildman–Crippen MR) is 228 cm³/mol. The molecule has 0 aromatic heterocycles. The fourth-order valence-electron chi connectivity index (χ4n) is 11.4. The van der Waals surface area contributed by atoms with E-state index < -0.39 is 6.36 Å². The van der Waals surface area contributed by atoms with Gasteiger partial charge in [-0.25, -0.2) is 8.78 Å². The van der Waals surface area contributed by atoms with Crippen molar-refractivity contribution in [2.24, 2.45) is 41.4 Å². The lowest BCUT2D eigenvalue weighted by molar-refractivity contribution is -0.274. The monoisotopic (exact) mass is 807 g/mol. The molecule has 8 rings (SSSR count). The Morgan fingerprint density at radius 1 is 0.362 bits per heavy atom. The van der Waals surface area contributed by atoms with Gasteiger partial charge in [-0.15, -0.1) is 13.2 Å². The highest BCUT2D eigenvalue weighted by Gasteiger charge is 2.33. The van der Waals surface area contributed by atoms with Gasteiger partial charge < -0.3 is 4.74 Å². The van der Waals surface area contributed by atoms with Gasteiger partial charge in [0.25, 0.3) is 0 Å². The average molecular weight is 807 g/mol. The van der Waals surface area contributed by atoms with Crippen molar-refractivity contribution in [2.75, 3.05) is 0 Å². The summed E-state index contributed by atoms with van der Waals surface area (Å²) in [5, 5.41) is 0. The Hall–Kier alpha value is -2.89. The summed E-state index contributed by atoms with van der Waals surface area (Å²) in [6.45, 7) is 7.09. The van der Waals surface area contributed by atoms with E-state index in [1.54, 1.807) is 36.4 Å². The van der Waals surface area contributed by atoms with Crippen molar-refractivity contribution >= 4 is 0 Å². The van der Waals surface area contributed by atoms with E-state index >= 15 is 0 Å². The highest BCUT2D eigenvalue weighted by atomic mass is 19.4. The topological polar surface area (TPSA) is 9.23 Å². The molecular formula is C52H71F5O. The summed E-state index contributed by atoms with van der Waals surface area (Å²) in [5.74, 6) is 7.95. The Labute approximate surface area is 347 Å². The Balaban J connectivity index is 0.000000152. The van der Waals surface area contributed by atoms with Crippen LogP contribution in [0.25, 0.3) is 0 Å². The van der Waals surface area contributed by atoms with Crippen molar-refractivity contribution in [3.05, 3.63) is 101 Å². The van der Waals surface area contributed by atoms with Crippen LogP contribution in [-0.2, 0) is 0 Å². The van der Waals surface area contributed by atoms with Crippen LogP contribution in [0.3, 0.4) is 0 Å². The molecule has 5 saturated carbocycles. The Bertz CT molecular complexity index is 1580. The van der Waals surface area contributed by atoms with Crippen LogP contribution in [0.1, 0.15) is 184 Å². The average Bonchev–Trinajstić information content (AvgIpc) is 3.23. The van der Waals surface area contributed by atoms with E-state index in [2.05, 4.69) is 25.5 Å². The van der Waals surface area contributed by atoms with E-state index in [0.29, 0.717) is 17.8 Å². The molecule has 0 atom stereocenters. The molecule has 58 heavy (non-hydrogen) atoms. The van der Waals surface area contributed by atoms with Crippen LogP contribution in [0.4, 0.5) is 22.0 Å². The Kier molecular flexibility index (Phi) is 16.6. The minimum atomic E-state index is -4.61. The number of hydrogen-bond acceptors (Lipinski definition) is 1. The van der Waals surface area contributed by atoms with Crippen molar-refractivity contribution in [1.29, 1.82) is 0 Å². The minimum Gasteiger partial charge on any atom is -0.406 e. The van der Waals surface area contributed by atoms with Gasteiger partial charge in [-0.1, -0.05) is 95.7 Å². The first-order chi connectivity index (χ1) is 27.9. The van der Waals surface area contributed by atoms with E-state index in [9.17, 15) is 22.0 Å². The van der Waals surface area contributed by atoms with Crippen molar-refractivity contribution in [1.82, 2.24) is 0 Å². The van der Waals surface area contributed by atoms with E-state index in [-0.39, 0.29) is 17.4 Å². The lowest BCUT2D eigenvalue weighted by Crippen LogP contribution is -2.24. The highest BCUT2D eigenvalue weighted by Crippen LogP contribution is 2.45. The molecule has 0 radical (unpaired) electrons. The van der Waals surface area contributed by atoms with Crippen LogP contribution < -0.4 is 4.74 Å². The van der Waals surface area contributed by atoms with Crippen LogP contribution >= 0.6 is 0 Å². The summed E-state index contributed by atoms with van der Waals surface area (Å²) in [6, 6.07) is 20.7. The van der Waals surface area contributed by atoms with Crippen LogP contribution in [0.15, 0.2) is 72.8 Å². The summed E-state index contributed by atoms with van der Waals surface area (Å²) >= 11 is 0. The van der Waals surface area contributed by atoms with Crippen molar-refractivity contribution in [3.63, 3.8) is 0 Å². The Morgan fingerprint density at radius 2 is 0.603 bits per heavy atom. The number of alkyl halides is 3. The number of rotatable bonds is 6. The molecule has 6 heteroatoms. The van der Waals surface area contributed by atoms with Crippen molar-refractivity contribution in [3.8, 4) is 5.75 Å². The van der Waals surface area contributed by atoms with Crippen LogP contribution in [0.5, 0.6) is 5.75 Å². The van der Waals surface area contributed by atoms with Crippen LogP contribution in [-0.4, -0.2) is 6.36 Å². The van der Waals surface area contributed by atoms with E-state index in [4.69, 9.17) is 0 Å². The molecule has 0 heterocycles. The van der Waals surface area contributed by atoms with Crippen molar-refractivity contribution < 1.29 is 26.7 Å². The second-order valence-electron chi connectivity index (χ2n) is 19.4. The second kappa shape index (κ2) is 21.6. The predicted octanol–water partition coefficient (Wildman–Crippen LogP) is 16.7. The number of benzene rings is 3. The zero-order valence-corrected chi connectivity index (χ0v) is 35.6. The maximum Gasteiger partial charge on any atom is 0.573 e. The third-order valence-electron chi connectivity index (χ3n) is 15.3. The first-order valence-electron chi connectivity index (χ1n) is 23.2. The Morgan fingerprint density at radius 3 is 0.897 bits per heavy atom.